The maximum absolute atomic E-state index is 13.0. The van der Waals surface area contributed by atoms with Crippen LogP contribution in [0.15, 0.2) is 24.3 Å². The Balaban J connectivity index is 2.20. The van der Waals surface area contributed by atoms with Crippen molar-refractivity contribution in [2.24, 2.45) is 0 Å². The first-order valence-electron chi connectivity index (χ1n) is 7.48. The molecule has 2 rings (SSSR count). The summed E-state index contributed by atoms with van der Waals surface area (Å²) in [6.07, 6.45) is 1.07. The molecule has 0 spiro atoms. The summed E-state index contributed by atoms with van der Waals surface area (Å²) in [7, 11) is 1.68. The second-order valence-corrected chi connectivity index (χ2v) is 6.23. The van der Waals surface area contributed by atoms with Gasteiger partial charge in [0.1, 0.15) is 0 Å². The standard InChI is InChI=1S/C16H24N2O2S/c1-3-17-15-7-5-4-6-14(15)16(19)18(9-10-20-2)13-8-11-21-12-13/h4-7,13,17H,3,8-12H2,1-2H3. The van der Waals surface area contributed by atoms with Crippen molar-refractivity contribution in [3.63, 3.8) is 0 Å². The van der Waals surface area contributed by atoms with Gasteiger partial charge in [0, 0.05) is 37.7 Å². The van der Waals surface area contributed by atoms with E-state index < -0.39 is 0 Å². The highest BCUT2D eigenvalue weighted by Crippen LogP contribution is 2.25. The van der Waals surface area contributed by atoms with E-state index in [-0.39, 0.29) is 5.91 Å². The number of benzene rings is 1. The number of methoxy groups -OCH3 is 1. The molecule has 21 heavy (non-hydrogen) atoms. The number of ether oxygens (including phenoxy) is 1. The maximum atomic E-state index is 13.0. The Bertz CT molecular complexity index is 461. The summed E-state index contributed by atoms with van der Waals surface area (Å²) in [6, 6.07) is 8.08. The van der Waals surface area contributed by atoms with Gasteiger partial charge in [0.05, 0.1) is 12.2 Å². The Morgan fingerprint density at radius 1 is 1.48 bits per heavy atom. The van der Waals surface area contributed by atoms with Gasteiger partial charge in [-0.15, -0.1) is 0 Å². The summed E-state index contributed by atoms with van der Waals surface area (Å²) in [5.74, 6) is 2.27. The lowest BCUT2D eigenvalue weighted by Gasteiger charge is -2.29. The summed E-state index contributed by atoms with van der Waals surface area (Å²) < 4.78 is 5.18. The molecule has 1 heterocycles. The number of nitrogens with one attached hydrogen (secondary N) is 1. The van der Waals surface area contributed by atoms with Gasteiger partial charge < -0.3 is 15.0 Å². The molecule has 1 N–H and O–H groups in total. The number of rotatable bonds is 7. The molecule has 0 aliphatic carbocycles. The van der Waals surface area contributed by atoms with Crippen LogP contribution >= 0.6 is 11.8 Å². The molecule has 1 amide bonds. The van der Waals surface area contributed by atoms with Crippen LogP contribution in [-0.2, 0) is 4.74 Å². The molecule has 0 radical (unpaired) electrons. The molecule has 1 aliphatic heterocycles. The average molecular weight is 308 g/mol. The summed E-state index contributed by atoms with van der Waals surface area (Å²) in [6.45, 7) is 4.08. The monoisotopic (exact) mass is 308 g/mol. The van der Waals surface area contributed by atoms with Gasteiger partial charge in [-0.3, -0.25) is 4.79 Å². The highest BCUT2D eigenvalue weighted by atomic mass is 32.2. The fourth-order valence-corrected chi connectivity index (χ4v) is 3.80. The molecular formula is C16H24N2O2S. The zero-order chi connectivity index (χ0) is 15.1. The van der Waals surface area contributed by atoms with Gasteiger partial charge in [-0.25, -0.2) is 0 Å². The van der Waals surface area contributed by atoms with E-state index in [1.807, 2.05) is 47.9 Å². The van der Waals surface area contributed by atoms with Crippen molar-refractivity contribution < 1.29 is 9.53 Å². The molecule has 5 heteroatoms. The van der Waals surface area contributed by atoms with Crippen LogP contribution in [0.3, 0.4) is 0 Å². The van der Waals surface area contributed by atoms with Crippen molar-refractivity contribution in [3.8, 4) is 0 Å². The number of hydrogen-bond acceptors (Lipinski definition) is 4. The summed E-state index contributed by atoms with van der Waals surface area (Å²) >= 11 is 1.92. The molecule has 1 fully saturated rings. The molecule has 0 aromatic heterocycles. The molecule has 1 aliphatic rings. The van der Waals surface area contributed by atoms with E-state index in [1.54, 1.807) is 7.11 Å². The molecule has 0 saturated carbocycles. The predicted octanol–water partition coefficient (Wildman–Crippen LogP) is 2.71. The zero-order valence-electron chi connectivity index (χ0n) is 12.8. The summed E-state index contributed by atoms with van der Waals surface area (Å²) in [4.78, 5) is 14.9. The first-order chi connectivity index (χ1) is 10.3. The molecule has 1 unspecified atom stereocenters. The van der Waals surface area contributed by atoms with Crippen LogP contribution in [0.4, 0.5) is 5.69 Å². The Kier molecular flexibility index (Phi) is 6.39. The average Bonchev–Trinajstić information content (AvgIpc) is 3.02. The Morgan fingerprint density at radius 2 is 2.29 bits per heavy atom. The van der Waals surface area contributed by atoms with E-state index in [4.69, 9.17) is 4.74 Å². The number of carbonyl (C=O) groups excluding carboxylic acids is 1. The van der Waals surface area contributed by atoms with Gasteiger partial charge in [-0.2, -0.15) is 11.8 Å². The van der Waals surface area contributed by atoms with Crippen LogP contribution in [0, 0.1) is 0 Å². The number of hydrogen-bond donors (Lipinski definition) is 1. The van der Waals surface area contributed by atoms with Crippen LogP contribution in [-0.4, -0.2) is 55.2 Å². The number of thioether (sulfide) groups is 1. The number of anilines is 1. The fourth-order valence-electron chi connectivity index (χ4n) is 2.58. The second-order valence-electron chi connectivity index (χ2n) is 5.08. The number of carbonyl (C=O) groups is 1. The molecule has 4 nitrogen and oxygen atoms in total. The number of amides is 1. The van der Waals surface area contributed by atoms with E-state index in [2.05, 4.69) is 5.32 Å². The quantitative estimate of drug-likeness (QED) is 0.841. The lowest BCUT2D eigenvalue weighted by atomic mass is 10.1. The largest absolute Gasteiger partial charge is 0.385 e. The lowest BCUT2D eigenvalue weighted by Crippen LogP contribution is -2.42. The van der Waals surface area contributed by atoms with E-state index in [0.717, 1.165) is 35.7 Å². The van der Waals surface area contributed by atoms with Crippen LogP contribution < -0.4 is 5.32 Å². The van der Waals surface area contributed by atoms with Crippen molar-refractivity contribution in [3.05, 3.63) is 29.8 Å². The minimum atomic E-state index is 0.108. The highest BCUT2D eigenvalue weighted by Gasteiger charge is 2.28. The van der Waals surface area contributed by atoms with E-state index >= 15 is 0 Å². The van der Waals surface area contributed by atoms with Gasteiger partial charge in [-0.05, 0) is 31.2 Å². The first-order valence-corrected chi connectivity index (χ1v) is 8.64. The molecular weight excluding hydrogens is 284 g/mol. The molecule has 1 aromatic rings. The molecule has 1 saturated heterocycles. The van der Waals surface area contributed by atoms with Crippen molar-refractivity contribution in [2.75, 3.05) is 43.6 Å². The Hall–Kier alpha value is -1.20. The third kappa shape index (κ3) is 4.14. The van der Waals surface area contributed by atoms with Gasteiger partial charge >= 0.3 is 0 Å². The van der Waals surface area contributed by atoms with Crippen molar-refractivity contribution in [1.82, 2.24) is 4.90 Å². The van der Waals surface area contributed by atoms with E-state index in [9.17, 15) is 4.79 Å². The van der Waals surface area contributed by atoms with Crippen LogP contribution in [0.25, 0.3) is 0 Å². The molecule has 1 aromatic carbocycles. The van der Waals surface area contributed by atoms with Crippen LogP contribution in [0.2, 0.25) is 0 Å². The maximum Gasteiger partial charge on any atom is 0.256 e. The Morgan fingerprint density at radius 3 is 2.95 bits per heavy atom. The highest BCUT2D eigenvalue weighted by molar-refractivity contribution is 7.99. The van der Waals surface area contributed by atoms with E-state index in [0.29, 0.717) is 19.2 Å². The van der Waals surface area contributed by atoms with Crippen molar-refractivity contribution >= 4 is 23.4 Å². The van der Waals surface area contributed by atoms with Crippen LogP contribution in [0.1, 0.15) is 23.7 Å². The van der Waals surface area contributed by atoms with Gasteiger partial charge in [0.15, 0.2) is 0 Å². The van der Waals surface area contributed by atoms with Gasteiger partial charge in [0.25, 0.3) is 5.91 Å². The van der Waals surface area contributed by atoms with Crippen molar-refractivity contribution in [1.29, 1.82) is 0 Å². The molecule has 0 bridgehead atoms. The van der Waals surface area contributed by atoms with E-state index in [1.165, 1.54) is 0 Å². The van der Waals surface area contributed by atoms with Gasteiger partial charge in [0.2, 0.25) is 0 Å². The third-order valence-corrected chi connectivity index (χ3v) is 4.81. The second kappa shape index (κ2) is 8.29. The summed E-state index contributed by atoms with van der Waals surface area (Å²) in [5, 5.41) is 3.27. The first kappa shape index (κ1) is 16.2. The van der Waals surface area contributed by atoms with Crippen LogP contribution in [0.5, 0.6) is 0 Å². The summed E-state index contributed by atoms with van der Waals surface area (Å²) in [5.41, 5.74) is 1.67. The number of nitrogens with zero attached hydrogens (tertiary/aromatic N) is 1. The lowest BCUT2D eigenvalue weighted by molar-refractivity contribution is 0.0625. The normalized spacial score (nSPS) is 17.7. The SMILES string of the molecule is CCNc1ccccc1C(=O)N(CCOC)C1CCSC1. The smallest absolute Gasteiger partial charge is 0.256 e. The minimum Gasteiger partial charge on any atom is -0.385 e. The number of para-hydroxylation sites is 1. The topological polar surface area (TPSA) is 41.6 Å². The van der Waals surface area contributed by atoms with Gasteiger partial charge in [-0.1, -0.05) is 12.1 Å². The fraction of sp³-hybridized carbons (Fsp3) is 0.562. The zero-order valence-corrected chi connectivity index (χ0v) is 13.6. The molecule has 1 atom stereocenters. The molecule has 116 valence electrons. The predicted molar refractivity (Wildman–Crippen MR) is 89.2 cm³/mol. The Labute approximate surface area is 131 Å². The van der Waals surface area contributed by atoms with Crippen molar-refractivity contribution in [2.45, 2.75) is 19.4 Å². The minimum absolute atomic E-state index is 0.108. The third-order valence-electron chi connectivity index (χ3n) is 3.67.